The van der Waals surface area contributed by atoms with Crippen LogP contribution in [0.2, 0.25) is 0 Å². The Labute approximate surface area is 101 Å². The second-order valence-corrected chi connectivity index (χ2v) is 6.66. The number of hydrogen-bond donors (Lipinski definition) is 0. The van der Waals surface area contributed by atoms with E-state index in [0.29, 0.717) is 17.6 Å². The van der Waals surface area contributed by atoms with E-state index in [9.17, 15) is 4.79 Å². The number of ether oxygens (including phenoxy) is 1. The Hall–Kier alpha value is -0.0200. The van der Waals surface area contributed by atoms with Crippen LogP contribution in [0.25, 0.3) is 0 Å². The van der Waals surface area contributed by atoms with Crippen LogP contribution >= 0.6 is 11.8 Å². The van der Waals surface area contributed by atoms with E-state index >= 15 is 0 Å². The van der Waals surface area contributed by atoms with Crippen molar-refractivity contribution in [2.75, 3.05) is 18.1 Å². The average molecular weight is 240 g/mol. The highest BCUT2D eigenvalue weighted by Gasteiger charge is 2.44. The van der Waals surface area contributed by atoms with Gasteiger partial charge in [0.1, 0.15) is 5.78 Å². The second kappa shape index (κ2) is 4.34. The van der Waals surface area contributed by atoms with Crippen molar-refractivity contribution in [2.24, 2.45) is 11.8 Å². The smallest absolute Gasteiger partial charge is 0.136 e. The molecule has 1 saturated carbocycles. The number of ketones is 1. The van der Waals surface area contributed by atoms with Crippen molar-refractivity contribution in [3.63, 3.8) is 0 Å². The molecule has 1 aliphatic carbocycles. The first-order valence-corrected chi connectivity index (χ1v) is 7.69. The molecule has 16 heavy (non-hydrogen) atoms. The summed E-state index contributed by atoms with van der Waals surface area (Å²) in [5, 5.41) is 0. The minimum absolute atomic E-state index is 0.149. The van der Waals surface area contributed by atoms with Gasteiger partial charge in [-0.3, -0.25) is 4.79 Å². The Kier molecular flexibility index (Phi) is 3.01. The minimum Gasteiger partial charge on any atom is -0.374 e. The van der Waals surface area contributed by atoms with Gasteiger partial charge in [0.15, 0.2) is 0 Å². The molecule has 0 aromatic carbocycles. The molecule has 0 aromatic heterocycles. The molecule has 2 aliphatic heterocycles. The van der Waals surface area contributed by atoms with Gasteiger partial charge in [0.25, 0.3) is 0 Å². The molecule has 0 bridgehead atoms. The molecule has 0 N–H and O–H groups in total. The monoisotopic (exact) mass is 240 g/mol. The lowest BCUT2D eigenvalue weighted by Crippen LogP contribution is -2.42. The second-order valence-electron chi connectivity index (χ2n) is 5.55. The van der Waals surface area contributed by atoms with Crippen LogP contribution in [0.3, 0.4) is 0 Å². The molecule has 2 nitrogen and oxygen atoms in total. The maximum Gasteiger partial charge on any atom is 0.136 e. The molecule has 3 aliphatic rings. The predicted octanol–water partition coefficient (Wildman–Crippen LogP) is 2.66. The summed E-state index contributed by atoms with van der Waals surface area (Å²) in [4.78, 5) is 11.8. The third-order valence-corrected chi connectivity index (χ3v) is 5.74. The first-order valence-electron chi connectivity index (χ1n) is 6.54. The minimum atomic E-state index is 0.149. The predicted molar refractivity (Wildman–Crippen MR) is 65.7 cm³/mol. The lowest BCUT2D eigenvalue weighted by molar-refractivity contribution is -0.127. The van der Waals surface area contributed by atoms with Gasteiger partial charge in [-0.2, -0.15) is 11.8 Å². The molecular weight excluding hydrogens is 220 g/mol. The van der Waals surface area contributed by atoms with Gasteiger partial charge in [0.2, 0.25) is 0 Å². The highest BCUT2D eigenvalue weighted by molar-refractivity contribution is 7.99. The van der Waals surface area contributed by atoms with Crippen molar-refractivity contribution in [2.45, 2.75) is 44.1 Å². The lowest BCUT2D eigenvalue weighted by atomic mass is 9.77. The van der Waals surface area contributed by atoms with Gasteiger partial charge in [-0.1, -0.05) is 0 Å². The third-order valence-electron chi connectivity index (χ3n) is 4.52. The van der Waals surface area contributed by atoms with Crippen LogP contribution in [-0.2, 0) is 9.53 Å². The first-order chi connectivity index (χ1) is 7.79. The summed E-state index contributed by atoms with van der Waals surface area (Å²) in [6.07, 6.45) is 6.58. The molecule has 3 atom stereocenters. The van der Waals surface area contributed by atoms with Crippen molar-refractivity contribution in [3.05, 3.63) is 0 Å². The fraction of sp³-hybridized carbons (Fsp3) is 0.923. The van der Waals surface area contributed by atoms with Gasteiger partial charge in [-0.05, 0) is 43.8 Å². The van der Waals surface area contributed by atoms with Crippen molar-refractivity contribution in [3.8, 4) is 0 Å². The molecule has 1 spiro atoms. The zero-order chi connectivity index (χ0) is 11.0. The molecule has 3 heteroatoms. The zero-order valence-electron chi connectivity index (χ0n) is 9.74. The standard InChI is InChI=1S/C13H20O2S/c14-12-3-1-2-11(12)10-4-6-15-13(8-10)5-7-16-9-13/h10-11H,1-9H2. The summed E-state index contributed by atoms with van der Waals surface area (Å²) in [7, 11) is 0. The zero-order valence-corrected chi connectivity index (χ0v) is 10.6. The summed E-state index contributed by atoms with van der Waals surface area (Å²) in [5.41, 5.74) is 0.149. The van der Waals surface area contributed by atoms with Crippen LogP contribution in [0, 0.1) is 11.8 Å². The Morgan fingerprint density at radius 1 is 1.38 bits per heavy atom. The van der Waals surface area contributed by atoms with Gasteiger partial charge >= 0.3 is 0 Å². The number of Topliss-reactive ketones (excluding diaryl/α,β-unsaturated/α-hetero) is 1. The van der Waals surface area contributed by atoms with Gasteiger partial charge in [0, 0.05) is 24.7 Å². The molecule has 2 heterocycles. The Bertz CT molecular complexity index is 284. The first kappa shape index (κ1) is 11.1. The highest BCUT2D eigenvalue weighted by atomic mass is 32.2. The van der Waals surface area contributed by atoms with Gasteiger partial charge < -0.3 is 4.74 Å². The van der Waals surface area contributed by atoms with Crippen LogP contribution in [0.15, 0.2) is 0 Å². The molecule has 3 rings (SSSR count). The quantitative estimate of drug-likeness (QED) is 0.705. The van der Waals surface area contributed by atoms with Gasteiger partial charge in [-0.15, -0.1) is 0 Å². The number of hydrogen-bond acceptors (Lipinski definition) is 3. The number of carbonyl (C=O) groups is 1. The van der Waals surface area contributed by atoms with Crippen LogP contribution in [-0.4, -0.2) is 29.5 Å². The summed E-state index contributed by atoms with van der Waals surface area (Å²) in [6.45, 7) is 0.884. The van der Waals surface area contributed by atoms with E-state index in [-0.39, 0.29) is 5.60 Å². The maximum atomic E-state index is 11.8. The van der Waals surface area contributed by atoms with Gasteiger partial charge in [0.05, 0.1) is 5.60 Å². The molecule has 90 valence electrons. The normalized spacial score (nSPS) is 44.4. The van der Waals surface area contributed by atoms with Crippen molar-refractivity contribution in [1.29, 1.82) is 0 Å². The maximum absolute atomic E-state index is 11.8. The van der Waals surface area contributed by atoms with E-state index in [1.54, 1.807) is 0 Å². The Morgan fingerprint density at radius 2 is 2.31 bits per heavy atom. The molecule has 2 saturated heterocycles. The molecular formula is C13H20O2S. The molecule has 0 amide bonds. The Morgan fingerprint density at radius 3 is 3.00 bits per heavy atom. The lowest BCUT2D eigenvalue weighted by Gasteiger charge is -2.39. The topological polar surface area (TPSA) is 26.3 Å². The molecule has 3 fully saturated rings. The molecule has 0 aromatic rings. The van der Waals surface area contributed by atoms with Crippen molar-refractivity contribution < 1.29 is 9.53 Å². The van der Waals surface area contributed by atoms with Gasteiger partial charge in [-0.25, -0.2) is 0 Å². The van der Waals surface area contributed by atoms with E-state index in [4.69, 9.17) is 4.74 Å². The number of carbonyl (C=O) groups excluding carboxylic acids is 1. The largest absolute Gasteiger partial charge is 0.374 e. The van der Waals surface area contributed by atoms with E-state index in [0.717, 1.165) is 44.5 Å². The van der Waals surface area contributed by atoms with Crippen LogP contribution < -0.4 is 0 Å². The van der Waals surface area contributed by atoms with Crippen LogP contribution in [0.5, 0.6) is 0 Å². The number of rotatable bonds is 1. The third kappa shape index (κ3) is 1.92. The van der Waals surface area contributed by atoms with E-state index < -0.39 is 0 Å². The summed E-state index contributed by atoms with van der Waals surface area (Å²) >= 11 is 2.01. The van der Waals surface area contributed by atoms with E-state index in [1.165, 1.54) is 12.2 Å². The molecule has 0 radical (unpaired) electrons. The van der Waals surface area contributed by atoms with Crippen LogP contribution in [0.4, 0.5) is 0 Å². The summed E-state index contributed by atoms with van der Waals surface area (Å²) in [6, 6.07) is 0. The summed E-state index contributed by atoms with van der Waals surface area (Å²) < 4.78 is 6.02. The Balaban J connectivity index is 1.69. The summed E-state index contributed by atoms with van der Waals surface area (Å²) in [5.74, 6) is 3.94. The fourth-order valence-electron chi connectivity index (χ4n) is 3.61. The van der Waals surface area contributed by atoms with Crippen molar-refractivity contribution in [1.82, 2.24) is 0 Å². The highest BCUT2D eigenvalue weighted by Crippen LogP contribution is 2.44. The van der Waals surface area contributed by atoms with E-state index in [1.807, 2.05) is 11.8 Å². The molecule has 3 unspecified atom stereocenters. The van der Waals surface area contributed by atoms with Crippen LogP contribution in [0.1, 0.15) is 38.5 Å². The average Bonchev–Trinajstić information content (AvgIpc) is 2.88. The number of thioether (sulfide) groups is 1. The van der Waals surface area contributed by atoms with E-state index in [2.05, 4.69) is 0 Å². The fourth-order valence-corrected chi connectivity index (χ4v) is 4.99. The SMILES string of the molecule is O=C1CCCC1C1CCOC2(CCSC2)C1. The van der Waals surface area contributed by atoms with Crippen molar-refractivity contribution >= 4 is 17.5 Å².